The minimum Gasteiger partial charge on any atom is -0.281 e. The Morgan fingerprint density at radius 1 is 1.07 bits per heavy atom. The van der Waals surface area contributed by atoms with E-state index in [2.05, 4.69) is 36.3 Å². The van der Waals surface area contributed by atoms with Crippen molar-refractivity contribution in [2.75, 3.05) is 0 Å². The molecule has 7 heteroatoms. The van der Waals surface area contributed by atoms with Gasteiger partial charge in [0.1, 0.15) is 5.52 Å². The first-order valence-corrected chi connectivity index (χ1v) is 11.2. The molecule has 4 rings (SSSR count). The van der Waals surface area contributed by atoms with E-state index in [0.717, 1.165) is 16.8 Å². The summed E-state index contributed by atoms with van der Waals surface area (Å²) in [5, 5.41) is 5.90. The minimum atomic E-state index is -0.0587. The quantitative estimate of drug-likeness (QED) is 0.306. The van der Waals surface area contributed by atoms with Crippen molar-refractivity contribution in [3.05, 3.63) is 86.3 Å². The third-order valence-electron chi connectivity index (χ3n) is 5.00. The van der Waals surface area contributed by atoms with Gasteiger partial charge >= 0.3 is 0 Å². The molecule has 0 radical (unpaired) electrons. The summed E-state index contributed by atoms with van der Waals surface area (Å²) in [6, 6.07) is 16.0. The van der Waals surface area contributed by atoms with E-state index in [-0.39, 0.29) is 5.56 Å². The Morgan fingerprint density at radius 2 is 1.83 bits per heavy atom. The van der Waals surface area contributed by atoms with Gasteiger partial charge in [0.25, 0.3) is 5.56 Å². The molecule has 0 N–H and O–H groups in total. The molecule has 2 aromatic heterocycles. The highest BCUT2D eigenvalue weighted by Crippen LogP contribution is 2.25. The lowest BCUT2D eigenvalue weighted by atomic mass is 10.1. The van der Waals surface area contributed by atoms with Crippen molar-refractivity contribution in [2.45, 2.75) is 44.8 Å². The van der Waals surface area contributed by atoms with Gasteiger partial charge in [-0.3, -0.25) is 14.0 Å². The molecular formula is C23H23ClN4OS. The van der Waals surface area contributed by atoms with E-state index in [9.17, 15) is 4.79 Å². The van der Waals surface area contributed by atoms with Gasteiger partial charge in [-0.1, -0.05) is 65.3 Å². The molecule has 30 heavy (non-hydrogen) atoms. The molecule has 5 nitrogen and oxygen atoms in total. The second-order valence-electron chi connectivity index (χ2n) is 7.29. The van der Waals surface area contributed by atoms with Crippen molar-refractivity contribution >= 4 is 34.4 Å². The summed E-state index contributed by atoms with van der Waals surface area (Å²) in [6.45, 7) is 7.03. The Bertz CT molecular complexity index is 1260. The fourth-order valence-electron chi connectivity index (χ4n) is 3.42. The van der Waals surface area contributed by atoms with Gasteiger partial charge in [-0.05, 0) is 44.0 Å². The van der Waals surface area contributed by atoms with Crippen LogP contribution in [0.25, 0.3) is 11.0 Å². The van der Waals surface area contributed by atoms with Gasteiger partial charge in [0.2, 0.25) is 0 Å². The highest BCUT2D eigenvalue weighted by Gasteiger charge is 2.18. The van der Waals surface area contributed by atoms with Crippen molar-refractivity contribution in [3.8, 4) is 0 Å². The molecular weight excluding hydrogens is 416 g/mol. The molecule has 0 fully saturated rings. The zero-order valence-corrected chi connectivity index (χ0v) is 18.8. The smallest absolute Gasteiger partial charge is 0.280 e. The monoisotopic (exact) mass is 438 g/mol. The summed E-state index contributed by atoms with van der Waals surface area (Å²) in [4.78, 5) is 18.4. The van der Waals surface area contributed by atoms with E-state index in [0.29, 0.717) is 40.1 Å². The molecule has 0 unspecified atom stereocenters. The van der Waals surface area contributed by atoms with Crippen LogP contribution in [-0.4, -0.2) is 19.3 Å². The Hall–Kier alpha value is -2.57. The van der Waals surface area contributed by atoms with Crippen LogP contribution in [0.1, 0.15) is 29.3 Å². The standard InChI is InChI=1S/C23H23ClN4OS/c1-4-28-21-20(16(3)26-28)25-23(30-14-18-6-5-7-19(24)12-18)27(22(21)29)13-17-10-8-15(2)9-11-17/h5-12H,4,13-14H2,1-3H3. The maximum atomic E-state index is 13.5. The summed E-state index contributed by atoms with van der Waals surface area (Å²) >= 11 is 7.67. The van der Waals surface area contributed by atoms with Gasteiger partial charge in [-0.2, -0.15) is 5.10 Å². The topological polar surface area (TPSA) is 52.7 Å². The Morgan fingerprint density at radius 3 is 2.53 bits per heavy atom. The molecule has 0 atom stereocenters. The van der Waals surface area contributed by atoms with Gasteiger partial charge in [-0.15, -0.1) is 0 Å². The lowest BCUT2D eigenvalue weighted by Crippen LogP contribution is -2.25. The number of aromatic nitrogens is 4. The number of aryl methyl sites for hydroxylation is 3. The molecule has 0 saturated heterocycles. The van der Waals surface area contributed by atoms with E-state index in [1.165, 1.54) is 5.56 Å². The molecule has 0 aliphatic heterocycles. The van der Waals surface area contributed by atoms with Crippen molar-refractivity contribution in [1.29, 1.82) is 0 Å². The third-order valence-corrected chi connectivity index (χ3v) is 6.28. The molecule has 0 saturated carbocycles. The number of rotatable bonds is 6. The van der Waals surface area contributed by atoms with Crippen LogP contribution in [0.4, 0.5) is 0 Å². The molecule has 0 aliphatic carbocycles. The van der Waals surface area contributed by atoms with Crippen molar-refractivity contribution in [2.24, 2.45) is 0 Å². The zero-order chi connectivity index (χ0) is 21.3. The van der Waals surface area contributed by atoms with E-state index in [1.807, 2.05) is 38.1 Å². The van der Waals surface area contributed by atoms with Gasteiger partial charge in [0.15, 0.2) is 10.7 Å². The molecule has 4 aromatic rings. The van der Waals surface area contributed by atoms with Crippen LogP contribution in [-0.2, 0) is 18.8 Å². The van der Waals surface area contributed by atoms with Crippen molar-refractivity contribution in [1.82, 2.24) is 19.3 Å². The summed E-state index contributed by atoms with van der Waals surface area (Å²) in [6.07, 6.45) is 0. The highest BCUT2D eigenvalue weighted by atomic mass is 35.5. The summed E-state index contributed by atoms with van der Waals surface area (Å²) in [7, 11) is 0. The lowest BCUT2D eigenvalue weighted by Gasteiger charge is -2.13. The first-order chi connectivity index (χ1) is 14.5. The van der Waals surface area contributed by atoms with E-state index in [4.69, 9.17) is 16.6 Å². The molecule has 154 valence electrons. The molecule has 0 spiro atoms. The van der Waals surface area contributed by atoms with Crippen LogP contribution in [0.2, 0.25) is 5.02 Å². The van der Waals surface area contributed by atoms with E-state index >= 15 is 0 Å². The predicted molar refractivity (Wildman–Crippen MR) is 123 cm³/mol. The van der Waals surface area contributed by atoms with Crippen LogP contribution in [0.5, 0.6) is 0 Å². The van der Waals surface area contributed by atoms with Crippen molar-refractivity contribution in [3.63, 3.8) is 0 Å². The fraction of sp³-hybridized carbons (Fsp3) is 0.261. The first-order valence-electron chi connectivity index (χ1n) is 9.87. The number of hydrogen-bond donors (Lipinski definition) is 0. The molecule has 0 bridgehead atoms. The lowest BCUT2D eigenvalue weighted by molar-refractivity contribution is 0.636. The number of hydrogen-bond acceptors (Lipinski definition) is 4. The molecule has 2 aromatic carbocycles. The molecule has 2 heterocycles. The number of halogens is 1. The Balaban J connectivity index is 1.80. The number of thioether (sulfide) groups is 1. The van der Waals surface area contributed by atoms with Crippen LogP contribution >= 0.6 is 23.4 Å². The second kappa shape index (κ2) is 8.66. The van der Waals surface area contributed by atoms with Crippen LogP contribution in [0.15, 0.2) is 58.5 Å². The van der Waals surface area contributed by atoms with E-state index < -0.39 is 0 Å². The highest BCUT2D eigenvalue weighted by molar-refractivity contribution is 7.98. The second-order valence-corrected chi connectivity index (χ2v) is 8.67. The largest absolute Gasteiger partial charge is 0.281 e. The normalized spacial score (nSPS) is 11.3. The van der Waals surface area contributed by atoms with Crippen LogP contribution < -0.4 is 5.56 Å². The van der Waals surface area contributed by atoms with E-state index in [1.54, 1.807) is 21.0 Å². The maximum Gasteiger partial charge on any atom is 0.280 e. The van der Waals surface area contributed by atoms with Gasteiger partial charge in [-0.25, -0.2) is 4.98 Å². The Labute approximate surface area is 184 Å². The molecule has 0 amide bonds. The van der Waals surface area contributed by atoms with Gasteiger partial charge < -0.3 is 0 Å². The Kier molecular flexibility index (Phi) is 5.97. The fourth-order valence-corrected chi connectivity index (χ4v) is 4.56. The summed E-state index contributed by atoms with van der Waals surface area (Å²) in [5.74, 6) is 0.674. The SMILES string of the molecule is CCn1nc(C)c2nc(SCc3cccc(Cl)c3)n(Cc3ccc(C)cc3)c(=O)c21. The summed E-state index contributed by atoms with van der Waals surface area (Å²) < 4.78 is 3.51. The number of benzene rings is 2. The molecule has 0 aliphatic rings. The van der Waals surface area contributed by atoms with Crippen LogP contribution in [0, 0.1) is 13.8 Å². The van der Waals surface area contributed by atoms with Crippen LogP contribution in [0.3, 0.4) is 0 Å². The average molecular weight is 439 g/mol. The zero-order valence-electron chi connectivity index (χ0n) is 17.2. The summed E-state index contributed by atoms with van der Waals surface area (Å²) in [5.41, 5.74) is 5.30. The van der Waals surface area contributed by atoms with Gasteiger partial charge in [0, 0.05) is 17.3 Å². The van der Waals surface area contributed by atoms with Crippen molar-refractivity contribution < 1.29 is 0 Å². The maximum absolute atomic E-state index is 13.5. The average Bonchev–Trinajstić information content (AvgIpc) is 3.06. The first kappa shape index (κ1) is 20.7. The predicted octanol–water partition coefficient (Wildman–Crippen LogP) is 5.22. The number of fused-ring (bicyclic) bond motifs is 1. The van der Waals surface area contributed by atoms with Gasteiger partial charge in [0.05, 0.1) is 12.2 Å². The third kappa shape index (κ3) is 4.16. The number of nitrogens with zero attached hydrogens (tertiary/aromatic N) is 4. The minimum absolute atomic E-state index is 0.0587.